The molecule has 0 atom stereocenters. The minimum absolute atomic E-state index is 0.169. The normalized spacial score (nSPS) is 11.7. The number of para-hydroxylation sites is 1. The Morgan fingerprint density at radius 3 is 2.72 bits per heavy atom. The van der Waals surface area contributed by atoms with Gasteiger partial charge in [-0.3, -0.25) is 9.89 Å². The molecule has 0 spiro atoms. The average Bonchev–Trinajstić information content (AvgIpc) is 2.90. The van der Waals surface area contributed by atoms with Gasteiger partial charge in [0, 0.05) is 10.6 Å². The number of hydrogen-bond donors (Lipinski definition) is 1. The van der Waals surface area contributed by atoms with Crippen molar-refractivity contribution in [1.29, 1.82) is 0 Å². The van der Waals surface area contributed by atoms with E-state index in [0.29, 0.717) is 27.9 Å². The molecular formula is C20H19ClN2O2. The van der Waals surface area contributed by atoms with Crippen LogP contribution in [0.15, 0.2) is 53.3 Å². The van der Waals surface area contributed by atoms with Gasteiger partial charge >= 0.3 is 0 Å². The van der Waals surface area contributed by atoms with Gasteiger partial charge in [-0.2, -0.15) is 0 Å². The molecule has 1 heterocycles. The first-order valence-corrected chi connectivity index (χ1v) is 8.47. The highest BCUT2D eigenvalue weighted by Gasteiger charge is 2.07. The predicted molar refractivity (Wildman–Crippen MR) is 102 cm³/mol. The zero-order valence-corrected chi connectivity index (χ0v) is 14.7. The SMILES string of the molecule is C=c1[nH]n(-c2ccccc2)c(=O)/c1=C\c1cc(Cl)ccc1OCCC. The van der Waals surface area contributed by atoms with Gasteiger partial charge in [0.15, 0.2) is 0 Å². The maximum Gasteiger partial charge on any atom is 0.279 e. The Morgan fingerprint density at radius 1 is 1.24 bits per heavy atom. The lowest BCUT2D eigenvalue weighted by Crippen LogP contribution is -2.34. The maximum atomic E-state index is 12.8. The summed E-state index contributed by atoms with van der Waals surface area (Å²) in [6.07, 6.45) is 2.66. The number of benzene rings is 2. The van der Waals surface area contributed by atoms with Gasteiger partial charge in [-0.15, -0.1) is 0 Å². The van der Waals surface area contributed by atoms with Crippen molar-refractivity contribution in [1.82, 2.24) is 9.78 Å². The average molecular weight is 355 g/mol. The molecule has 0 bridgehead atoms. The number of aromatic amines is 1. The van der Waals surface area contributed by atoms with E-state index in [4.69, 9.17) is 16.3 Å². The molecule has 0 aliphatic carbocycles. The standard InChI is InChI=1S/C20H19ClN2O2/c1-3-11-25-19-10-9-16(21)12-15(19)13-18-14(2)22-23(20(18)24)17-7-5-4-6-8-17/h4-10,12-13,22H,2-3,11H2,1H3/b18-13-. The Kier molecular flexibility index (Phi) is 5.10. The summed E-state index contributed by atoms with van der Waals surface area (Å²) < 4.78 is 7.23. The van der Waals surface area contributed by atoms with E-state index in [9.17, 15) is 4.79 Å². The Labute approximate surface area is 150 Å². The van der Waals surface area contributed by atoms with E-state index in [1.54, 1.807) is 18.2 Å². The molecule has 4 nitrogen and oxygen atoms in total. The third kappa shape index (κ3) is 3.69. The van der Waals surface area contributed by atoms with Gasteiger partial charge in [0.1, 0.15) is 5.75 Å². The van der Waals surface area contributed by atoms with Crippen molar-refractivity contribution in [3.05, 3.63) is 80.0 Å². The van der Waals surface area contributed by atoms with Crippen molar-refractivity contribution in [3.8, 4) is 11.4 Å². The Bertz CT molecular complexity index is 1040. The number of nitrogens with zero attached hydrogens (tertiary/aromatic N) is 1. The Morgan fingerprint density at radius 2 is 2.00 bits per heavy atom. The summed E-state index contributed by atoms with van der Waals surface area (Å²) in [6, 6.07) is 14.7. The minimum Gasteiger partial charge on any atom is -0.493 e. The van der Waals surface area contributed by atoms with Crippen LogP contribution < -0.4 is 20.9 Å². The Hall–Kier alpha value is -2.72. The molecule has 128 valence electrons. The van der Waals surface area contributed by atoms with Gasteiger partial charge in [-0.1, -0.05) is 43.3 Å². The molecule has 0 aliphatic rings. The fourth-order valence-corrected chi connectivity index (χ4v) is 2.71. The summed E-state index contributed by atoms with van der Waals surface area (Å²) in [5.41, 5.74) is 1.34. The van der Waals surface area contributed by atoms with Crippen LogP contribution in [0.3, 0.4) is 0 Å². The van der Waals surface area contributed by atoms with Crippen LogP contribution in [0.5, 0.6) is 5.75 Å². The number of aromatic nitrogens is 2. The second-order valence-electron chi connectivity index (χ2n) is 5.66. The van der Waals surface area contributed by atoms with Crippen LogP contribution >= 0.6 is 11.6 Å². The van der Waals surface area contributed by atoms with Crippen molar-refractivity contribution in [2.24, 2.45) is 0 Å². The molecule has 1 N–H and O–H groups in total. The molecular weight excluding hydrogens is 336 g/mol. The number of hydrogen-bond acceptors (Lipinski definition) is 2. The lowest BCUT2D eigenvalue weighted by molar-refractivity contribution is 0.317. The zero-order valence-electron chi connectivity index (χ0n) is 14.0. The van der Waals surface area contributed by atoms with E-state index in [-0.39, 0.29) is 5.56 Å². The summed E-state index contributed by atoms with van der Waals surface area (Å²) in [4.78, 5) is 12.8. The van der Waals surface area contributed by atoms with E-state index in [1.165, 1.54) is 4.68 Å². The number of halogens is 1. The second kappa shape index (κ2) is 7.45. The molecule has 5 heteroatoms. The first-order valence-electron chi connectivity index (χ1n) is 8.09. The van der Waals surface area contributed by atoms with E-state index in [2.05, 4.69) is 11.7 Å². The van der Waals surface area contributed by atoms with Crippen LogP contribution in [-0.4, -0.2) is 16.4 Å². The highest BCUT2D eigenvalue weighted by atomic mass is 35.5. The molecule has 25 heavy (non-hydrogen) atoms. The fraction of sp³-hybridized carbons (Fsp3) is 0.150. The summed E-state index contributed by atoms with van der Waals surface area (Å²) >= 11 is 6.12. The summed E-state index contributed by atoms with van der Waals surface area (Å²) in [7, 11) is 0. The van der Waals surface area contributed by atoms with Crippen LogP contribution in [-0.2, 0) is 0 Å². The first kappa shape index (κ1) is 17.1. The topological polar surface area (TPSA) is 47.0 Å². The van der Waals surface area contributed by atoms with Gasteiger partial charge in [-0.25, -0.2) is 4.68 Å². The third-order valence-corrected chi connectivity index (χ3v) is 3.99. The second-order valence-corrected chi connectivity index (χ2v) is 6.09. The van der Waals surface area contributed by atoms with E-state index >= 15 is 0 Å². The first-order chi connectivity index (χ1) is 12.1. The molecule has 0 saturated heterocycles. The Balaban J connectivity index is 2.15. The summed E-state index contributed by atoms with van der Waals surface area (Å²) in [5, 5.41) is 4.61. The molecule has 0 radical (unpaired) electrons. The number of H-pyrrole nitrogens is 1. The van der Waals surface area contributed by atoms with Gasteiger partial charge < -0.3 is 4.74 Å². The predicted octanol–water partition coefficient (Wildman–Crippen LogP) is 2.85. The van der Waals surface area contributed by atoms with Crippen molar-refractivity contribution >= 4 is 24.3 Å². The monoisotopic (exact) mass is 354 g/mol. The zero-order chi connectivity index (χ0) is 17.8. The van der Waals surface area contributed by atoms with E-state index in [1.807, 2.05) is 43.3 Å². The van der Waals surface area contributed by atoms with Gasteiger partial charge in [0.05, 0.1) is 22.9 Å². The van der Waals surface area contributed by atoms with Gasteiger partial charge in [-0.05, 0) is 42.8 Å². The van der Waals surface area contributed by atoms with Crippen molar-refractivity contribution in [2.75, 3.05) is 6.61 Å². The largest absolute Gasteiger partial charge is 0.493 e. The molecule has 0 unspecified atom stereocenters. The van der Waals surface area contributed by atoms with Gasteiger partial charge in [0.25, 0.3) is 5.56 Å². The highest BCUT2D eigenvalue weighted by Crippen LogP contribution is 2.23. The fourth-order valence-electron chi connectivity index (χ4n) is 2.53. The summed E-state index contributed by atoms with van der Waals surface area (Å²) in [6.45, 7) is 6.59. The lowest BCUT2D eigenvalue weighted by atomic mass is 10.1. The van der Waals surface area contributed by atoms with Gasteiger partial charge in [0.2, 0.25) is 0 Å². The number of ether oxygens (including phenoxy) is 1. The molecule has 0 saturated carbocycles. The quantitative estimate of drug-likeness (QED) is 0.766. The van der Waals surface area contributed by atoms with Crippen molar-refractivity contribution in [3.63, 3.8) is 0 Å². The number of rotatable bonds is 5. The minimum atomic E-state index is -0.169. The van der Waals surface area contributed by atoms with Crippen LogP contribution in [0.4, 0.5) is 0 Å². The molecule has 1 aromatic heterocycles. The van der Waals surface area contributed by atoms with E-state index < -0.39 is 0 Å². The van der Waals surface area contributed by atoms with Crippen molar-refractivity contribution < 1.29 is 4.74 Å². The third-order valence-electron chi connectivity index (χ3n) is 3.75. The highest BCUT2D eigenvalue weighted by molar-refractivity contribution is 6.30. The smallest absolute Gasteiger partial charge is 0.279 e. The molecule has 3 rings (SSSR count). The molecule has 0 aliphatic heterocycles. The number of nitrogens with one attached hydrogen (secondary N) is 1. The van der Waals surface area contributed by atoms with Crippen molar-refractivity contribution in [2.45, 2.75) is 13.3 Å². The molecule has 2 aromatic carbocycles. The molecule has 0 fully saturated rings. The summed E-state index contributed by atoms with van der Waals surface area (Å²) in [5.74, 6) is 0.692. The van der Waals surface area contributed by atoms with Crippen LogP contribution in [0, 0.1) is 0 Å². The molecule has 3 aromatic rings. The van der Waals surface area contributed by atoms with E-state index in [0.717, 1.165) is 17.7 Å². The van der Waals surface area contributed by atoms with Crippen LogP contribution in [0.25, 0.3) is 18.3 Å². The van der Waals surface area contributed by atoms with Crippen LogP contribution in [0.1, 0.15) is 18.9 Å². The molecule has 0 amide bonds. The maximum absolute atomic E-state index is 12.8. The lowest BCUT2D eigenvalue weighted by Gasteiger charge is -2.08. The van der Waals surface area contributed by atoms with Crippen LogP contribution in [0.2, 0.25) is 5.02 Å².